The van der Waals surface area contributed by atoms with Crippen LogP contribution in [0.1, 0.15) is 10.4 Å². The second-order valence-electron chi connectivity index (χ2n) is 3.74. The lowest BCUT2D eigenvalue weighted by atomic mass is 10.0. The van der Waals surface area contributed by atoms with Crippen LogP contribution in [0.2, 0.25) is 10.0 Å². The number of halogens is 4. The summed E-state index contributed by atoms with van der Waals surface area (Å²) in [6.07, 6.45) is 0. The molecule has 2 aromatic rings. The van der Waals surface area contributed by atoms with E-state index in [2.05, 4.69) is 0 Å². The first-order valence-electron chi connectivity index (χ1n) is 5.08. The van der Waals surface area contributed by atoms with Crippen LogP contribution >= 0.6 is 23.2 Å². The van der Waals surface area contributed by atoms with E-state index in [0.29, 0.717) is 0 Å². The van der Waals surface area contributed by atoms with Crippen molar-refractivity contribution in [1.29, 1.82) is 0 Å². The Kier molecular flexibility index (Phi) is 3.73. The average molecular weight is 303 g/mol. The maximum atomic E-state index is 13.7. The van der Waals surface area contributed by atoms with Gasteiger partial charge >= 0.3 is 5.97 Å². The Morgan fingerprint density at radius 1 is 1.00 bits per heavy atom. The number of hydrogen-bond donors (Lipinski definition) is 1. The van der Waals surface area contributed by atoms with Gasteiger partial charge in [0, 0.05) is 21.2 Å². The van der Waals surface area contributed by atoms with Gasteiger partial charge in [-0.2, -0.15) is 0 Å². The highest BCUT2D eigenvalue weighted by molar-refractivity contribution is 6.34. The van der Waals surface area contributed by atoms with Crippen molar-refractivity contribution in [2.24, 2.45) is 0 Å². The van der Waals surface area contributed by atoms with Crippen LogP contribution in [-0.2, 0) is 0 Å². The predicted molar refractivity (Wildman–Crippen MR) is 68.8 cm³/mol. The zero-order valence-electron chi connectivity index (χ0n) is 9.25. The molecule has 2 rings (SSSR count). The summed E-state index contributed by atoms with van der Waals surface area (Å²) in [4.78, 5) is 10.7. The summed E-state index contributed by atoms with van der Waals surface area (Å²) in [6.45, 7) is 0. The summed E-state index contributed by atoms with van der Waals surface area (Å²) >= 11 is 11.5. The molecule has 6 heteroatoms. The van der Waals surface area contributed by atoms with Gasteiger partial charge in [-0.25, -0.2) is 13.6 Å². The summed E-state index contributed by atoms with van der Waals surface area (Å²) in [5, 5.41) is 8.89. The number of benzene rings is 2. The van der Waals surface area contributed by atoms with Crippen LogP contribution in [0.3, 0.4) is 0 Å². The molecule has 1 N–H and O–H groups in total. The third kappa shape index (κ3) is 2.69. The molecule has 0 unspecified atom stereocenters. The fourth-order valence-corrected chi connectivity index (χ4v) is 2.05. The molecule has 0 saturated heterocycles. The fourth-order valence-electron chi connectivity index (χ4n) is 1.63. The van der Waals surface area contributed by atoms with E-state index in [-0.39, 0.29) is 21.2 Å². The van der Waals surface area contributed by atoms with Gasteiger partial charge in [0.1, 0.15) is 11.6 Å². The van der Waals surface area contributed by atoms with E-state index in [1.807, 2.05) is 0 Å². The molecule has 0 aliphatic rings. The SMILES string of the molecule is O=C(O)c1cc(Cl)c(-c2ccc(Cl)cc2F)cc1F. The van der Waals surface area contributed by atoms with Crippen molar-refractivity contribution in [3.05, 3.63) is 57.6 Å². The highest BCUT2D eigenvalue weighted by Crippen LogP contribution is 2.33. The highest BCUT2D eigenvalue weighted by atomic mass is 35.5. The molecule has 0 amide bonds. The highest BCUT2D eigenvalue weighted by Gasteiger charge is 2.17. The third-order valence-corrected chi connectivity index (χ3v) is 3.06. The maximum absolute atomic E-state index is 13.7. The molecule has 0 bridgehead atoms. The van der Waals surface area contributed by atoms with Gasteiger partial charge in [0.15, 0.2) is 0 Å². The van der Waals surface area contributed by atoms with Crippen molar-refractivity contribution in [2.45, 2.75) is 0 Å². The summed E-state index contributed by atoms with van der Waals surface area (Å²) < 4.78 is 27.3. The zero-order valence-corrected chi connectivity index (χ0v) is 10.8. The third-order valence-electron chi connectivity index (χ3n) is 2.51. The molecule has 0 aromatic heterocycles. The molecule has 0 saturated carbocycles. The van der Waals surface area contributed by atoms with E-state index >= 15 is 0 Å². The molecular formula is C13H6Cl2F2O2. The van der Waals surface area contributed by atoms with Crippen LogP contribution in [0.4, 0.5) is 8.78 Å². The van der Waals surface area contributed by atoms with Crippen LogP contribution in [0, 0.1) is 11.6 Å². The van der Waals surface area contributed by atoms with Gasteiger partial charge in [-0.05, 0) is 30.3 Å². The Bertz CT molecular complexity index is 672. The standard InChI is InChI=1S/C13H6Cl2F2O2/c14-6-1-2-7(11(16)3-6)8-5-12(17)9(13(18)19)4-10(8)15/h1-5H,(H,18,19). The maximum Gasteiger partial charge on any atom is 0.338 e. The van der Waals surface area contributed by atoms with Gasteiger partial charge in [-0.15, -0.1) is 0 Å². The number of carboxylic acids is 1. The van der Waals surface area contributed by atoms with Crippen LogP contribution in [0.5, 0.6) is 0 Å². The molecule has 2 nitrogen and oxygen atoms in total. The molecule has 0 fully saturated rings. The van der Waals surface area contributed by atoms with Crippen LogP contribution in [0.15, 0.2) is 30.3 Å². The van der Waals surface area contributed by atoms with Gasteiger partial charge in [0.05, 0.1) is 5.56 Å². The van der Waals surface area contributed by atoms with E-state index in [4.69, 9.17) is 28.3 Å². The molecule has 98 valence electrons. The number of carbonyl (C=O) groups is 1. The van der Waals surface area contributed by atoms with Gasteiger partial charge < -0.3 is 5.11 Å². The quantitative estimate of drug-likeness (QED) is 0.877. The van der Waals surface area contributed by atoms with Gasteiger partial charge in [0.25, 0.3) is 0 Å². The average Bonchev–Trinajstić information content (AvgIpc) is 2.32. The smallest absolute Gasteiger partial charge is 0.338 e. The van der Waals surface area contributed by atoms with E-state index in [9.17, 15) is 13.6 Å². The second kappa shape index (κ2) is 5.15. The molecular weight excluding hydrogens is 297 g/mol. The Morgan fingerprint density at radius 2 is 1.68 bits per heavy atom. The largest absolute Gasteiger partial charge is 0.478 e. The van der Waals surface area contributed by atoms with E-state index < -0.39 is 23.2 Å². The lowest BCUT2D eigenvalue weighted by Gasteiger charge is -2.08. The van der Waals surface area contributed by atoms with E-state index in [0.717, 1.165) is 18.2 Å². The van der Waals surface area contributed by atoms with Crippen LogP contribution in [-0.4, -0.2) is 11.1 Å². The summed E-state index contributed by atoms with van der Waals surface area (Å²) in [7, 11) is 0. The van der Waals surface area contributed by atoms with Gasteiger partial charge in [-0.3, -0.25) is 0 Å². The first-order valence-corrected chi connectivity index (χ1v) is 5.83. The Balaban J connectivity index is 2.63. The summed E-state index contributed by atoms with van der Waals surface area (Å²) in [6, 6.07) is 5.68. The summed E-state index contributed by atoms with van der Waals surface area (Å²) in [5.41, 5.74) is -0.452. The number of carboxylic acid groups (broad SMARTS) is 1. The number of hydrogen-bond acceptors (Lipinski definition) is 1. The van der Waals surface area contributed by atoms with Crippen molar-refractivity contribution < 1.29 is 18.7 Å². The normalized spacial score (nSPS) is 10.5. The molecule has 0 atom stereocenters. The minimum absolute atomic E-state index is 0.0465. The summed E-state index contributed by atoms with van der Waals surface area (Å²) in [5.74, 6) is -3.10. The fraction of sp³-hybridized carbons (Fsp3) is 0. The lowest BCUT2D eigenvalue weighted by molar-refractivity contribution is 0.0692. The van der Waals surface area contributed by atoms with Crippen molar-refractivity contribution in [1.82, 2.24) is 0 Å². The lowest BCUT2D eigenvalue weighted by Crippen LogP contribution is -2.01. The molecule has 0 heterocycles. The molecule has 2 aromatic carbocycles. The second-order valence-corrected chi connectivity index (χ2v) is 4.58. The molecule has 0 radical (unpaired) electrons. The van der Waals surface area contributed by atoms with E-state index in [1.54, 1.807) is 0 Å². The zero-order chi connectivity index (χ0) is 14.2. The van der Waals surface area contributed by atoms with E-state index in [1.165, 1.54) is 12.1 Å². The first-order chi connectivity index (χ1) is 8.90. The van der Waals surface area contributed by atoms with Crippen molar-refractivity contribution >= 4 is 29.2 Å². The number of aromatic carboxylic acids is 1. The monoisotopic (exact) mass is 302 g/mol. The molecule has 19 heavy (non-hydrogen) atoms. The van der Waals surface area contributed by atoms with Crippen LogP contribution < -0.4 is 0 Å². The van der Waals surface area contributed by atoms with Gasteiger partial charge in [-0.1, -0.05) is 23.2 Å². The topological polar surface area (TPSA) is 37.3 Å². The molecule has 0 aliphatic carbocycles. The molecule has 0 aliphatic heterocycles. The van der Waals surface area contributed by atoms with Crippen molar-refractivity contribution in [3.63, 3.8) is 0 Å². The van der Waals surface area contributed by atoms with Gasteiger partial charge in [0.2, 0.25) is 0 Å². The Labute approximate surface area is 117 Å². The Hall–Kier alpha value is -1.65. The minimum Gasteiger partial charge on any atom is -0.478 e. The molecule has 0 spiro atoms. The minimum atomic E-state index is -1.44. The number of rotatable bonds is 2. The van der Waals surface area contributed by atoms with Crippen molar-refractivity contribution in [2.75, 3.05) is 0 Å². The first kappa shape index (κ1) is 13.8. The van der Waals surface area contributed by atoms with Crippen molar-refractivity contribution in [3.8, 4) is 11.1 Å². The van der Waals surface area contributed by atoms with Crippen LogP contribution in [0.25, 0.3) is 11.1 Å². The Morgan fingerprint density at radius 3 is 2.26 bits per heavy atom. The predicted octanol–water partition coefficient (Wildman–Crippen LogP) is 4.64.